The SMILES string of the molecule is CC(C)[C@@H](N)C(=O)Nc1cccc(Cl)c1Br. The van der Waals surface area contributed by atoms with Crippen LogP contribution in [0.1, 0.15) is 13.8 Å². The lowest BCUT2D eigenvalue weighted by Gasteiger charge is -2.16. The van der Waals surface area contributed by atoms with Gasteiger partial charge in [0.1, 0.15) is 0 Å². The molecule has 1 aromatic carbocycles. The number of carbonyl (C=O) groups is 1. The van der Waals surface area contributed by atoms with Crippen molar-refractivity contribution in [3.63, 3.8) is 0 Å². The highest BCUT2D eigenvalue weighted by Crippen LogP contribution is 2.30. The maximum Gasteiger partial charge on any atom is 0.241 e. The van der Waals surface area contributed by atoms with Crippen molar-refractivity contribution in [3.05, 3.63) is 27.7 Å². The molecule has 0 aliphatic heterocycles. The first kappa shape index (κ1) is 13.5. The third-order valence-electron chi connectivity index (χ3n) is 2.23. The molecule has 0 radical (unpaired) electrons. The lowest BCUT2D eigenvalue weighted by molar-refractivity contribution is -0.118. The largest absolute Gasteiger partial charge is 0.324 e. The highest BCUT2D eigenvalue weighted by molar-refractivity contribution is 9.10. The van der Waals surface area contributed by atoms with Crippen LogP contribution < -0.4 is 11.1 Å². The van der Waals surface area contributed by atoms with Crippen molar-refractivity contribution in [2.45, 2.75) is 19.9 Å². The summed E-state index contributed by atoms with van der Waals surface area (Å²) in [7, 11) is 0. The summed E-state index contributed by atoms with van der Waals surface area (Å²) in [5.74, 6) is -0.115. The molecule has 16 heavy (non-hydrogen) atoms. The van der Waals surface area contributed by atoms with Gasteiger partial charge in [-0.05, 0) is 34.0 Å². The first-order valence-corrected chi connectivity index (χ1v) is 6.11. The Hall–Kier alpha value is -0.580. The number of hydrogen-bond donors (Lipinski definition) is 2. The van der Waals surface area contributed by atoms with Crippen molar-refractivity contribution < 1.29 is 4.79 Å². The second-order valence-corrected chi connectivity index (χ2v) is 5.06. The second-order valence-electron chi connectivity index (χ2n) is 3.86. The monoisotopic (exact) mass is 304 g/mol. The number of anilines is 1. The number of rotatable bonds is 3. The number of amides is 1. The molecule has 5 heteroatoms. The van der Waals surface area contributed by atoms with Crippen LogP contribution in [-0.2, 0) is 4.79 Å². The van der Waals surface area contributed by atoms with E-state index in [-0.39, 0.29) is 11.8 Å². The van der Waals surface area contributed by atoms with E-state index in [1.165, 1.54) is 0 Å². The van der Waals surface area contributed by atoms with Gasteiger partial charge in [0.05, 0.1) is 21.2 Å². The summed E-state index contributed by atoms with van der Waals surface area (Å²) < 4.78 is 0.668. The molecule has 0 bridgehead atoms. The Morgan fingerprint density at radius 1 is 1.50 bits per heavy atom. The Kier molecular flexibility index (Phi) is 4.77. The maximum atomic E-state index is 11.7. The van der Waals surface area contributed by atoms with Gasteiger partial charge in [0.15, 0.2) is 0 Å². The Bertz CT molecular complexity index is 396. The summed E-state index contributed by atoms with van der Waals surface area (Å²) in [6, 6.07) is 4.75. The van der Waals surface area contributed by atoms with Crippen molar-refractivity contribution in [1.29, 1.82) is 0 Å². The second kappa shape index (κ2) is 5.66. The number of nitrogens with two attached hydrogens (primary N) is 1. The molecule has 3 nitrogen and oxygen atoms in total. The van der Waals surface area contributed by atoms with Gasteiger partial charge in [0, 0.05) is 0 Å². The molecule has 1 atom stereocenters. The van der Waals surface area contributed by atoms with Gasteiger partial charge < -0.3 is 11.1 Å². The van der Waals surface area contributed by atoms with Gasteiger partial charge in [-0.2, -0.15) is 0 Å². The van der Waals surface area contributed by atoms with Crippen molar-refractivity contribution in [1.82, 2.24) is 0 Å². The molecule has 0 saturated carbocycles. The van der Waals surface area contributed by atoms with Gasteiger partial charge in [-0.3, -0.25) is 4.79 Å². The summed E-state index contributed by atoms with van der Waals surface area (Å²) in [5, 5.41) is 3.29. The fraction of sp³-hybridized carbons (Fsp3) is 0.364. The Balaban J connectivity index is 2.81. The molecule has 0 heterocycles. The van der Waals surface area contributed by atoms with E-state index in [0.717, 1.165) is 0 Å². The topological polar surface area (TPSA) is 55.1 Å². The molecular weight excluding hydrogens is 291 g/mol. The number of nitrogens with one attached hydrogen (secondary N) is 1. The maximum absolute atomic E-state index is 11.7. The molecule has 0 aliphatic carbocycles. The summed E-state index contributed by atoms with van der Waals surface area (Å²) >= 11 is 9.22. The molecule has 1 rings (SSSR count). The van der Waals surface area contributed by atoms with Crippen molar-refractivity contribution >= 4 is 39.1 Å². The molecule has 1 amide bonds. The minimum atomic E-state index is -0.522. The first-order chi connectivity index (χ1) is 7.43. The minimum absolute atomic E-state index is 0.0953. The lowest BCUT2D eigenvalue weighted by atomic mass is 10.1. The van der Waals surface area contributed by atoms with E-state index < -0.39 is 6.04 Å². The van der Waals surface area contributed by atoms with E-state index in [1.54, 1.807) is 18.2 Å². The zero-order chi connectivity index (χ0) is 12.3. The normalized spacial score (nSPS) is 12.6. The van der Waals surface area contributed by atoms with Crippen LogP contribution in [0.25, 0.3) is 0 Å². The molecule has 0 spiro atoms. The van der Waals surface area contributed by atoms with Crippen LogP contribution in [-0.4, -0.2) is 11.9 Å². The van der Waals surface area contributed by atoms with Crippen LogP contribution in [0.3, 0.4) is 0 Å². The van der Waals surface area contributed by atoms with Crippen molar-refractivity contribution in [3.8, 4) is 0 Å². The Morgan fingerprint density at radius 3 is 2.69 bits per heavy atom. The van der Waals surface area contributed by atoms with Crippen LogP contribution in [0.15, 0.2) is 22.7 Å². The molecule has 88 valence electrons. The van der Waals surface area contributed by atoms with Gasteiger partial charge in [-0.1, -0.05) is 31.5 Å². The standard InChI is InChI=1S/C11H14BrClN2O/c1-6(2)10(14)11(16)15-8-5-3-4-7(13)9(8)12/h3-6,10H,14H2,1-2H3,(H,15,16)/t10-/m1/s1. The molecule has 3 N–H and O–H groups in total. The number of benzene rings is 1. The molecule has 0 unspecified atom stereocenters. The zero-order valence-electron chi connectivity index (χ0n) is 9.13. The number of hydrogen-bond acceptors (Lipinski definition) is 2. The first-order valence-electron chi connectivity index (χ1n) is 4.94. The molecule has 0 aliphatic rings. The molecule has 0 fully saturated rings. The van der Waals surface area contributed by atoms with Gasteiger partial charge >= 0.3 is 0 Å². The van der Waals surface area contributed by atoms with E-state index in [1.807, 2.05) is 13.8 Å². The highest BCUT2D eigenvalue weighted by atomic mass is 79.9. The average Bonchev–Trinajstić information content (AvgIpc) is 2.23. The number of carbonyl (C=O) groups excluding carboxylic acids is 1. The average molecular weight is 306 g/mol. The third kappa shape index (κ3) is 3.20. The van der Waals surface area contributed by atoms with Gasteiger partial charge in [0.25, 0.3) is 0 Å². The fourth-order valence-corrected chi connectivity index (χ4v) is 1.66. The van der Waals surface area contributed by atoms with Gasteiger partial charge in [-0.25, -0.2) is 0 Å². The van der Waals surface area contributed by atoms with Crippen LogP contribution in [0.5, 0.6) is 0 Å². The molecule has 0 saturated heterocycles. The van der Waals surface area contributed by atoms with Crippen LogP contribution >= 0.6 is 27.5 Å². The van der Waals surface area contributed by atoms with E-state index >= 15 is 0 Å². The smallest absolute Gasteiger partial charge is 0.241 e. The summed E-state index contributed by atoms with van der Waals surface area (Å²) in [6.45, 7) is 3.80. The van der Waals surface area contributed by atoms with Gasteiger partial charge in [-0.15, -0.1) is 0 Å². The van der Waals surface area contributed by atoms with Crippen LogP contribution in [0.2, 0.25) is 5.02 Å². The van der Waals surface area contributed by atoms with E-state index in [9.17, 15) is 4.79 Å². The summed E-state index contributed by atoms with van der Waals surface area (Å²) in [6.07, 6.45) is 0. The lowest BCUT2D eigenvalue weighted by Crippen LogP contribution is -2.39. The van der Waals surface area contributed by atoms with E-state index in [2.05, 4.69) is 21.2 Å². The van der Waals surface area contributed by atoms with Crippen molar-refractivity contribution in [2.75, 3.05) is 5.32 Å². The zero-order valence-corrected chi connectivity index (χ0v) is 11.5. The minimum Gasteiger partial charge on any atom is -0.324 e. The van der Waals surface area contributed by atoms with Crippen LogP contribution in [0, 0.1) is 5.92 Å². The summed E-state index contributed by atoms with van der Waals surface area (Å²) in [5.41, 5.74) is 6.37. The molecule has 1 aromatic rings. The third-order valence-corrected chi connectivity index (χ3v) is 3.63. The number of halogens is 2. The van der Waals surface area contributed by atoms with Crippen molar-refractivity contribution in [2.24, 2.45) is 11.7 Å². The summed E-state index contributed by atoms with van der Waals surface area (Å²) in [4.78, 5) is 11.7. The fourth-order valence-electron chi connectivity index (χ4n) is 1.12. The van der Waals surface area contributed by atoms with E-state index in [0.29, 0.717) is 15.2 Å². The Morgan fingerprint density at radius 2 is 2.12 bits per heavy atom. The predicted molar refractivity (Wildman–Crippen MR) is 70.6 cm³/mol. The highest BCUT2D eigenvalue weighted by Gasteiger charge is 2.18. The quantitative estimate of drug-likeness (QED) is 0.902. The van der Waals surface area contributed by atoms with Crippen LogP contribution in [0.4, 0.5) is 5.69 Å². The molecular formula is C11H14BrClN2O. The van der Waals surface area contributed by atoms with E-state index in [4.69, 9.17) is 17.3 Å². The van der Waals surface area contributed by atoms with Gasteiger partial charge in [0.2, 0.25) is 5.91 Å². The Labute approximate surface area is 108 Å². The molecule has 0 aromatic heterocycles. The predicted octanol–water partition coefficient (Wildman–Crippen LogP) is 3.02.